The van der Waals surface area contributed by atoms with Crippen LogP contribution in [0.2, 0.25) is 0 Å². The van der Waals surface area contributed by atoms with E-state index in [0.717, 1.165) is 36.5 Å². The Morgan fingerprint density at radius 1 is 1.25 bits per heavy atom. The number of likely N-dealkylation sites (tertiary alicyclic amines) is 1. The van der Waals surface area contributed by atoms with Gasteiger partial charge in [-0.25, -0.2) is 0 Å². The molecule has 2 rings (SSSR count). The predicted octanol–water partition coefficient (Wildman–Crippen LogP) is 1.59. The van der Waals surface area contributed by atoms with Crippen LogP contribution in [0.25, 0.3) is 0 Å². The van der Waals surface area contributed by atoms with Gasteiger partial charge in [-0.2, -0.15) is 0 Å². The second kappa shape index (κ2) is 8.84. The minimum atomic E-state index is -0.222. The lowest BCUT2D eigenvalue weighted by Gasteiger charge is -2.32. The molecule has 1 aromatic rings. The van der Waals surface area contributed by atoms with Crippen LogP contribution in [0.5, 0.6) is 11.5 Å². The number of rotatable bonds is 7. The van der Waals surface area contributed by atoms with Gasteiger partial charge in [0.05, 0.1) is 13.7 Å². The van der Waals surface area contributed by atoms with Gasteiger partial charge in [0, 0.05) is 31.7 Å². The third kappa shape index (κ3) is 4.58. The van der Waals surface area contributed by atoms with Gasteiger partial charge in [0.15, 0.2) is 11.5 Å². The Balaban J connectivity index is 2.03. The Bertz CT molecular complexity index is 586. The topological polar surface area (TPSA) is 74.0 Å². The summed E-state index contributed by atoms with van der Waals surface area (Å²) < 4.78 is 16.0. The third-order valence-electron chi connectivity index (χ3n) is 4.14. The fourth-order valence-corrected chi connectivity index (χ4v) is 3.01. The van der Waals surface area contributed by atoms with Crippen molar-refractivity contribution in [1.29, 1.82) is 0 Å². The first kappa shape index (κ1) is 18.5. The van der Waals surface area contributed by atoms with Gasteiger partial charge in [0.25, 0.3) is 0 Å². The van der Waals surface area contributed by atoms with Gasteiger partial charge in [-0.1, -0.05) is 12.2 Å². The van der Waals surface area contributed by atoms with Gasteiger partial charge in [0.2, 0.25) is 5.91 Å². The van der Waals surface area contributed by atoms with Crippen molar-refractivity contribution in [3.63, 3.8) is 0 Å². The largest absolute Gasteiger partial charge is 0.493 e. The van der Waals surface area contributed by atoms with Crippen LogP contribution in [0.1, 0.15) is 18.4 Å². The van der Waals surface area contributed by atoms with E-state index in [-0.39, 0.29) is 11.8 Å². The maximum absolute atomic E-state index is 11.3. The minimum Gasteiger partial charge on any atom is -0.493 e. The second-order valence-electron chi connectivity index (χ2n) is 5.68. The molecule has 1 heterocycles. The number of hydrogen-bond donors (Lipinski definition) is 1. The molecule has 1 aromatic carbocycles. The highest BCUT2D eigenvalue weighted by Gasteiger charge is 2.25. The fourth-order valence-electron chi connectivity index (χ4n) is 2.70. The molecule has 0 unspecified atom stereocenters. The maximum atomic E-state index is 11.3. The summed E-state index contributed by atoms with van der Waals surface area (Å²) in [6.45, 7) is 2.44. The first-order valence-electron chi connectivity index (χ1n) is 7.95. The monoisotopic (exact) mass is 352 g/mol. The molecule has 1 saturated heterocycles. The number of thiocarbonyl (C=S) groups is 1. The predicted molar refractivity (Wildman–Crippen MR) is 95.6 cm³/mol. The molecule has 0 bridgehead atoms. The molecule has 7 heteroatoms. The van der Waals surface area contributed by atoms with Crippen LogP contribution in [0.3, 0.4) is 0 Å². The van der Waals surface area contributed by atoms with E-state index in [1.807, 2.05) is 18.2 Å². The summed E-state index contributed by atoms with van der Waals surface area (Å²) in [7, 11) is 3.23. The molecule has 0 radical (unpaired) electrons. The number of nitrogens with zero attached hydrogens (tertiary/aromatic N) is 1. The molecule has 1 fully saturated rings. The molecular formula is C17H24N2O4S. The summed E-state index contributed by atoms with van der Waals surface area (Å²) in [6, 6.07) is 5.66. The third-order valence-corrected chi connectivity index (χ3v) is 4.63. The van der Waals surface area contributed by atoms with Crippen LogP contribution in [-0.4, -0.2) is 56.3 Å². The van der Waals surface area contributed by atoms with Crippen molar-refractivity contribution in [2.45, 2.75) is 12.8 Å². The van der Waals surface area contributed by atoms with Crippen LogP contribution in [0.15, 0.2) is 18.2 Å². The number of carbonyl (C=O) groups excluding carboxylic acids is 1. The normalized spacial score (nSPS) is 15.2. The summed E-state index contributed by atoms with van der Waals surface area (Å²) in [6.07, 6.45) is 1.48. The van der Waals surface area contributed by atoms with Gasteiger partial charge in [-0.3, -0.25) is 4.79 Å². The number of piperidine rings is 1. The van der Waals surface area contributed by atoms with E-state index in [4.69, 9.17) is 32.2 Å². The average Bonchev–Trinajstić information content (AvgIpc) is 2.61. The number of hydrogen-bond acceptors (Lipinski definition) is 5. The van der Waals surface area contributed by atoms with E-state index in [1.54, 1.807) is 14.2 Å². The summed E-state index contributed by atoms with van der Waals surface area (Å²) >= 11 is 5.60. The Morgan fingerprint density at radius 3 is 2.54 bits per heavy atom. The van der Waals surface area contributed by atoms with Gasteiger partial charge in [0.1, 0.15) is 11.6 Å². The number of ether oxygens (including phenoxy) is 3. The SMILES string of the molecule is COCCOc1ccc(C(=S)N2CCC(C(N)=O)CC2)cc1OC. The molecule has 6 nitrogen and oxygen atoms in total. The van der Waals surface area contributed by atoms with Crippen molar-refractivity contribution in [3.8, 4) is 11.5 Å². The van der Waals surface area contributed by atoms with Crippen molar-refractivity contribution in [3.05, 3.63) is 23.8 Å². The molecule has 0 atom stereocenters. The van der Waals surface area contributed by atoms with Gasteiger partial charge in [-0.15, -0.1) is 0 Å². The van der Waals surface area contributed by atoms with E-state index in [2.05, 4.69) is 4.90 Å². The van der Waals surface area contributed by atoms with E-state index in [1.165, 1.54) is 0 Å². The maximum Gasteiger partial charge on any atom is 0.220 e. The Hall–Kier alpha value is -1.86. The molecule has 1 aliphatic rings. The van der Waals surface area contributed by atoms with E-state index >= 15 is 0 Å². The van der Waals surface area contributed by atoms with Crippen LogP contribution in [0.4, 0.5) is 0 Å². The van der Waals surface area contributed by atoms with Crippen molar-refractivity contribution in [2.75, 3.05) is 40.5 Å². The summed E-state index contributed by atoms with van der Waals surface area (Å²) in [4.78, 5) is 14.1. The Kier molecular flexibility index (Phi) is 6.81. The average molecular weight is 352 g/mol. The summed E-state index contributed by atoms with van der Waals surface area (Å²) in [5.74, 6) is 1.03. The number of nitrogens with two attached hydrogens (primary N) is 1. The Labute approximate surface area is 147 Å². The molecular weight excluding hydrogens is 328 g/mol. The zero-order valence-electron chi connectivity index (χ0n) is 14.1. The van der Waals surface area contributed by atoms with Gasteiger partial charge in [-0.05, 0) is 31.0 Å². The molecule has 0 saturated carbocycles. The summed E-state index contributed by atoms with van der Waals surface area (Å²) in [5, 5.41) is 0. The van der Waals surface area contributed by atoms with Gasteiger partial charge < -0.3 is 24.8 Å². The molecule has 1 aliphatic heterocycles. The zero-order chi connectivity index (χ0) is 17.5. The number of benzene rings is 1. The number of methoxy groups -OCH3 is 2. The van der Waals surface area contributed by atoms with Crippen molar-refractivity contribution in [2.24, 2.45) is 11.7 Å². The Morgan fingerprint density at radius 2 is 1.96 bits per heavy atom. The number of carbonyl (C=O) groups is 1. The highest BCUT2D eigenvalue weighted by molar-refractivity contribution is 7.80. The molecule has 0 spiro atoms. The molecule has 1 amide bonds. The molecule has 2 N–H and O–H groups in total. The van der Waals surface area contributed by atoms with Gasteiger partial charge >= 0.3 is 0 Å². The molecule has 132 valence electrons. The lowest BCUT2D eigenvalue weighted by atomic mass is 9.96. The minimum absolute atomic E-state index is 0.0462. The smallest absolute Gasteiger partial charge is 0.220 e. The standard InChI is InChI=1S/C17H24N2O4S/c1-21-9-10-23-14-4-3-13(11-15(14)22-2)17(24)19-7-5-12(6-8-19)16(18)20/h3-4,11-12H,5-10H2,1-2H3,(H2,18,20). The zero-order valence-corrected chi connectivity index (χ0v) is 14.9. The van der Waals surface area contributed by atoms with Crippen LogP contribution < -0.4 is 15.2 Å². The van der Waals surface area contributed by atoms with Crippen molar-refractivity contribution in [1.82, 2.24) is 4.90 Å². The van der Waals surface area contributed by atoms with Crippen LogP contribution in [-0.2, 0) is 9.53 Å². The van der Waals surface area contributed by atoms with E-state index in [0.29, 0.717) is 24.7 Å². The first-order valence-corrected chi connectivity index (χ1v) is 8.36. The lowest BCUT2D eigenvalue weighted by molar-refractivity contribution is -0.122. The molecule has 0 aliphatic carbocycles. The van der Waals surface area contributed by atoms with E-state index in [9.17, 15) is 4.79 Å². The lowest BCUT2D eigenvalue weighted by Crippen LogP contribution is -2.41. The quantitative estimate of drug-likeness (QED) is 0.593. The first-order chi connectivity index (χ1) is 11.6. The fraction of sp³-hybridized carbons (Fsp3) is 0.529. The number of amides is 1. The van der Waals surface area contributed by atoms with Crippen molar-refractivity contribution >= 4 is 23.1 Å². The van der Waals surface area contributed by atoms with E-state index < -0.39 is 0 Å². The molecule has 0 aromatic heterocycles. The second-order valence-corrected chi connectivity index (χ2v) is 6.06. The van der Waals surface area contributed by atoms with Crippen molar-refractivity contribution < 1.29 is 19.0 Å². The molecule has 24 heavy (non-hydrogen) atoms. The highest BCUT2D eigenvalue weighted by atomic mass is 32.1. The van der Waals surface area contributed by atoms with Crippen LogP contribution >= 0.6 is 12.2 Å². The van der Waals surface area contributed by atoms with Crippen LogP contribution in [0, 0.1) is 5.92 Å². The highest BCUT2D eigenvalue weighted by Crippen LogP contribution is 2.29. The number of primary amides is 1. The summed E-state index contributed by atoms with van der Waals surface area (Å²) in [5.41, 5.74) is 6.28.